The van der Waals surface area contributed by atoms with Crippen molar-refractivity contribution in [3.8, 4) is 0 Å². The van der Waals surface area contributed by atoms with Crippen LogP contribution in [-0.4, -0.2) is 36.3 Å². The summed E-state index contributed by atoms with van der Waals surface area (Å²) in [7, 11) is 0. The molecule has 0 atom stereocenters. The zero-order valence-electron chi connectivity index (χ0n) is 8.62. The number of hydrogen-bond acceptors (Lipinski definition) is 6. The zero-order valence-corrected chi connectivity index (χ0v) is 8.62. The van der Waals surface area contributed by atoms with Crippen molar-refractivity contribution < 1.29 is 9.59 Å². The first-order valence-corrected chi connectivity index (χ1v) is 4.41. The van der Waals surface area contributed by atoms with Gasteiger partial charge in [-0.25, -0.2) is 19.6 Å². The number of imidazole rings is 1. The fourth-order valence-electron chi connectivity index (χ4n) is 1.20. The molecule has 2 heterocycles. The molecule has 0 bridgehead atoms. The molecule has 2 rings (SSSR count). The lowest BCUT2D eigenvalue weighted by molar-refractivity contribution is -0.115. The summed E-state index contributed by atoms with van der Waals surface area (Å²) in [6.45, 7) is 1.21. The third-order valence-electron chi connectivity index (χ3n) is 1.86. The van der Waals surface area contributed by atoms with E-state index in [-0.39, 0.29) is 11.3 Å². The van der Waals surface area contributed by atoms with Crippen LogP contribution in [-0.2, 0) is 4.79 Å². The third-order valence-corrected chi connectivity index (χ3v) is 1.86. The number of amides is 2. The number of primary amides is 1. The van der Waals surface area contributed by atoms with Gasteiger partial charge in [-0.2, -0.15) is 0 Å². The number of aromatic nitrogens is 5. The van der Waals surface area contributed by atoms with Crippen LogP contribution in [0.4, 0.5) is 0 Å². The second kappa shape index (κ2) is 3.66. The Bertz CT molecular complexity index is 670. The first-order valence-electron chi connectivity index (χ1n) is 4.41. The molecule has 0 radical (unpaired) electrons. The van der Waals surface area contributed by atoms with Gasteiger partial charge >= 0.3 is 5.69 Å². The van der Waals surface area contributed by atoms with E-state index in [0.29, 0.717) is 4.79 Å². The van der Waals surface area contributed by atoms with Gasteiger partial charge in [0.05, 0.1) is 0 Å². The van der Waals surface area contributed by atoms with Crippen LogP contribution in [0.15, 0.2) is 11.1 Å². The summed E-state index contributed by atoms with van der Waals surface area (Å²) in [5, 5.41) is 6.99. The predicted molar refractivity (Wildman–Crippen MR) is 53.6 cm³/mol. The Morgan fingerprint density at radius 2 is 2.18 bits per heavy atom. The molecule has 0 aliphatic carbocycles. The minimum atomic E-state index is -0.821. The van der Waals surface area contributed by atoms with Gasteiger partial charge in [-0.05, 0) is 5.21 Å². The summed E-state index contributed by atoms with van der Waals surface area (Å²) in [4.78, 5) is 37.7. The van der Waals surface area contributed by atoms with Gasteiger partial charge in [0.25, 0.3) is 5.91 Å². The van der Waals surface area contributed by atoms with E-state index in [1.807, 2.05) is 0 Å². The molecule has 0 fully saturated rings. The van der Waals surface area contributed by atoms with Gasteiger partial charge in [-0.1, -0.05) is 4.79 Å². The maximum absolute atomic E-state index is 11.7. The van der Waals surface area contributed by atoms with Crippen LogP contribution >= 0.6 is 0 Å². The van der Waals surface area contributed by atoms with E-state index < -0.39 is 17.5 Å². The zero-order chi connectivity index (χ0) is 12.6. The molecule has 0 unspecified atom stereocenters. The van der Waals surface area contributed by atoms with Crippen molar-refractivity contribution in [3.63, 3.8) is 0 Å². The maximum Gasteiger partial charge on any atom is 0.372 e. The highest BCUT2D eigenvalue weighted by Crippen LogP contribution is 2.00. The Morgan fingerprint density at radius 3 is 2.76 bits per heavy atom. The van der Waals surface area contributed by atoms with E-state index in [1.165, 1.54) is 6.92 Å². The summed E-state index contributed by atoms with van der Waals surface area (Å²) in [5.41, 5.74) is 6.22. The monoisotopic (exact) mass is 237 g/mol. The number of carbonyl (C=O) groups is 2. The van der Waals surface area contributed by atoms with Gasteiger partial charge < -0.3 is 5.73 Å². The number of fused-ring (bicyclic) bond motifs is 1. The van der Waals surface area contributed by atoms with Crippen LogP contribution in [0.2, 0.25) is 0 Å². The fraction of sp³-hybridized carbons (Fsp3) is 0.143. The lowest BCUT2D eigenvalue weighted by Crippen LogP contribution is -2.38. The molecule has 0 saturated heterocycles. The number of nitrogens with two attached hydrogens (primary N) is 1. The van der Waals surface area contributed by atoms with E-state index in [0.717, 1.165) is 10.7 Å². The Morgan fingerprint density at radius 1 is 1.47 bits per heavy atom. The second-order valence-corrected chi connectivity index (χ2v) is 3.10. The molecule has 2 aromatic heterocycles. The Hall–Kier alpha value is -2.78. The van der Waals surface area contributed by atoms with Crippen LogP contribution in [0.1, 0.15) is 17.4 Å². The summed E-state index contributed by atoms with van der Waals surface area (Å²) in [6, 6.07) is 0. The predicted octanol–water partition coefficient (Wildman–Crippen LogP) is -2.53. The van der Waals surface area contributed by atoms with Crippen LogP contribution in [0.5, 0.6) is 0 Å². The summed E-state index contributed by atoms with van der Waals surface area (Å²) in [6.07, 6.45) is 1.07. The van der Waals surface area contributed by atoms with Crippen molar-refractivity contribution in [2.75, 3.05) is 5.43 Å². The third kappa shape index (κ3) is 1.71. The average molecular weight is 237 g/mol. The number of hydrogen-bond donors (Lipinski definition) is 2. The van der Waals surface area contributed by atoms with Crippen LogP contribution < -0.4 is 16.8 Å². The first kappa shape index (κ1) is 10.7. The molecule has 0 aromatic carbocycles. The van der Waals surface area contributed by atoms with Gasteiger partial charge in [0.1, 0.15) is 6.33 Å². The lowest BCUT2D eigenvalue weighted by atomic mass is 10.4. The normalized spacial score (nSPS) is 10.4. The van der Waals surface area contributed by atoms with Gasteiger partial charge in [0.2, 0.25) is 5.91 Å². The first-order chi connectivity index (χ1) is 8.00. The molecule has 0 spiro atoms. The van der Waals surface area contributed by atoms with E-state index in [1.54, 1.807) is 0 Å². The molecule has 3 N–H and O–H groups in total. The molecular formula is C7H7N7O3. The fourth-order valence-corrected chi connectivity index (χ4v) is 1.20. The quantitative estimate of drug-likeness (QED) is 0.591. The van der Waals surface area contributed by atoms with E-state index >= 15 is 0 Å². The van der Waals surface area contributed by atoms with Crippen molar-refractivity contribution in [2.24, 2.45) is 5.73 Å². The number of carbonyl (C=O) groups excluding carboxylic acids is 2. The highest BCUT2D eigenvalue weighted by Gasteiger charge is 2.15. The number of nitrogens with one attached hydrogen (secondary N) is 1. The maximum atomic E-state index is 11.7. The molecule has 17 heavy (non-hydrogen) atoms. The summed E-state index contributed by atoms with van der Waals surface area (Å²) in [5.74, 6) is -1.31. The summed E-state index contributed by atoms with van der Waals surface area (Å²) < 4.78 is 0.947. The topological polar surface area (TPSA) is 137 Å². The van der Waals surface area contributed by atoms with E-state index in [2.05, 4.69) is 20.7 Å². The minimum absolute atomic E-state index is 0.0656. The standard InChI is InChI=1S/C7H7N7O3/c1-3(15)11-14-7(17)13-2-9-4(5(8)16)6(13)10-12-14/h2H,1H3,(H2,8,16)(H,11,15). The van der Waals surface area contributed by atoms with Crippen molar-refractivity contribution in [3.05, 3.63) is 22.5 Å². The second-order valence-electron chi connectivity index (χ2n) is 3.10. The van der Waals surface area contributed by atoms with Gasteiger partial charge in [0, 0.05) is 6.92 Å². The lowest BCUT2D eigenvalue weighted by Gasteiger charge is -2.02. The van der Waals surface area contributed by atoms with Crippen molar-refractivity contribution in [1.82, 2.24) is 24.5 Å². The van der Waals surface area contributed by atoms with Crippen LogP contribution in [0.3, 0.4) is 0 Å². The Labute approximate surface area is 93.0 Å². The smallest absolute Gasteiger partial charge is 0.364 e. The number of rotatable bonds is 2. The highest BCUT2D eigenvalue weighted by molar-refractivity contribution is 5.96. The molecule has 0 saturated carbocycles. The minimum Gasteiger partial charge on any atom is -0.364 e. The SMILES string of the molecule is CC(=O)Nn1nnc2c(C(N)=O)ncn2c1=O. The Kier molecular flexibility index (Phi) is 2.31. The molecule has 88 valence electrons. The Balaban J connectivity index is 2.66. The van der Waals surface area contributed by atoms with E-state index in [9.17, 15) is 14.4 Å². The van der Waals surface area contributed by atoms with Crippen LogP contribution in [0.25, 0.3) is 5.65 Å². The average Bonchev–Trinajstić information content (AvgIpc) is 2.66. The van der Waals surface area contributed by atoms with Crippen molar-refractivity contribution in [2.45, 2.75) is 6.92 Å². The van der Waals surface area contributed by atoms with Crippen molar-refractivity contribution in [1.29, 1.82) is 0 Å². The molecular weight excluding hydrogens is 230 g/mol. The van der Waals surface area contributed by atoms with Gasteiger partial charge in [-0.3, -0.25) is 9.59 Å². The highest BCUT2D eigenvalue weighted by atomic mass is 16.2. The largest absolute Gasteiger partial charge is 0.372 e. The molecule has 10 nitrogen and oxygen atoms in total. The van der Waals surface area contributed by atoms with Crippen molar-refractivity contribution >= 4 is 17.5 Å². The van der Waals surface area contributed by atoms with E-state index in [4.69, 9.17) is 5.73 Å². The molecule has 2 aromatic rings. The molecule has 0 aliphatic heterocycles. The van der Waals surface area contributed by atoms with Crippen LogP contribution in [0, 0.1) is 0 Å². The molecule has 0 aliphatic rings. The number of nitrogens with zero attached hydrogens (tertiary/aromatic N) is 5. The molecule has 10 heteroatoms. The summed E-state index contributed by atoms with van der Waals surface area (Å²) >= 11 is 0. The van der Waals surface area contributed by atoms with Gasteiger partial charge in [0.15, 0.2) is 11.3 Å². The molecule has 2 amide bonds. The van der Waals surface area contributed by atoms with Gasteiger partial charge in [-0.15, -0.1) is 5.10 Å².